The van der Waals surface area contributed by atoms with Crippen molar-refractivity contribution in [3.05, 3.63) is 34.2 Å². The van der Waals surface area contributed by atoms with Crippen molar-refractivity contribution >= 4 is 23.2 Å². The first-order valence-electron chi connectivity index (χ1n) is 8.49. The third-order valence-corrected chi connectivity index (χ3v) is 3.88. The van der Waals surface area contributed by atoms with Gasteiger partial charge < -0.3 is 20.1 Å². The minimum Gasteiger partial charge on any atom is -0.508 e. The fourth-order valence-corrected chi connectivity index (χ4v) is 2.78. The molecule has 1 aromatic carbocycles. The molecule has 0 radical (unpaired) electrons. The van der Waals surface area contributed by atoms with Crippen LogP contribution < -0.4 is 16.0 Å². The zero-order valence-corrected chi connectivity index (χ0v) is 16.3. The summed E-state index contributed by atoms with van der Waals surface area (Å²) in [5.41, 5.74) is 6.46. The highest BCUT2D eigenvalue weighted by atomic mass is 35.5. The Hall–Kier alpha value is -1.72. The molecule has 0 amide bonds. The fourth-order valence-electron chi connectivity index (χ4n) is 2.78. The normalized spacial score (nSPS) is 11.4. The first-order valence-corrected chi connectivity index (χ1v) is 8.49. The summed E-state index contributed by atoms with van der Waals surface area (Å²) in [6, 6.07) is 4.81. The van der Waals surface area contributed by atoms with Crippen LogP contribution in [0.25, 0.3) is 10.8 Å². The maximum atomic E-state index is 13.0. The first kappa shape index (κ1) is 21.3. The smallest absolute Gasteiger partial charge is 0.259 e. The predicted molar refractivity (Wildman–Crippen MR) is 105 cm³/mol. The molecule has 5 nitrogen and oxygen atoms in total. The summed E-state index contributed by atoms with van der Waals surface area (Å²) in [6.45, 7) is 9.66. The van der Waals surface area contributed by atoms with Gasteiger partial charge in [-0.3, -0.25) is 4.79 Å². The monoisotopic (exact) mass is 368 g/mol. The summed E-state index contributed by atoms with van der Waals surface area (Å²) in [7, 11) is 0. The highest BCUT2D eigenvalue weighted by Gasteiger charge is 2.21. The Morgan fingerprint density at radius 1 is 1.24 bits per heavy atom. The quantitative estimate of drug-likeness (QED) is 0.760. The Balaban J connectivity index is 0.00000312. The van der Waals surface area contributed by atoms with Crippen molar-refractivity contribution in [2.45, 2.75) is 53.6 Å². The molecule has 0 bridgehead atoms. The van der Waals surface area contributed by atoms with E-state index in [1.54, 1.807) is 16.7 Å². The van der Waals surface area contributed by atoms with Crippen LogP contribution in [0.3, 0.4) is 0 Å². The molecule has 6 heteroatoms. The topological polar surface area (TPSA) is 77.5 Å². The highest BCUT2D eigenvalue weighted by Crippen LogP contribution is 2.31. The van der Waals surface area contributed by atoms with Crippen LogP contribution in [0, 0.1) is 5.41 Å². The number of nitrogens with two attached hydrogens (primary N) is 1. The Morgan fingerprint density at radius 2 is 1.92 bits per heavy atom. The molecule has 0 aliphatic heterocycles. The molecule has 0 spiro atoms. The van der Waals surface area contributed by atoms with E-state index in [-0.39, 0.29) is 35.7 Å². The minimum absolute atomic E-state index is 0. The third-order valence-electron chi connectivity index (χ3n) is 3.88. The van der Waals surface area contributed by atoms with E-state index in [4.69, 9.17) is 10.5 Å². The summed E-state index contributed by atoms with van der Waals surface area (Å²) in [5.74, 6) is 0.728. The van der Waals surface area contributed by atoms with Gasteiger partial charge in [0.2, 0.25) is 0 Å². The number of rotatable bonds is 6. The fraction of sp³-hybridized carbons (Fsp3) is 0.526. The van der Waals surface area contributed by atoms with Gasteiger partial charge in [0.25, 0.3) is 5.56 Å². The maximum Gasteiger partial charge on any atom is 0.259 e. The van der Waals surface area contributed by atoms with Crippen molar-refractivity contribution in [2.75, 3.05) is 6.61 Å². The van der Waals surface area contributed by atoms with Gasteiger partial charge in [0.15, 0.2) is 0 Å². The van der Waals surface area contributed by atoms with Crippen LogP contribution in [-0.2, 0) is 13.1 Å². The Bertz CT molecular complexity index is 779. The number of aromatic nitrogens is 1. The van der Waals surface area contributed by atoms with Crippen molar-refractivity contribution in [3.8, 4) is 11.5 Å². The van der Waals surface area contributed by atoms with Gasteiger partial charge >= 0.3 is 0 Å². The lowest BCUT2D eigenvalue weighted by atomic mass is 9.96. The number of hydrogen-bond donors (Lipinski definition) is 2. The molecule has 2 rings (SSSR count). The van der Waals surface area contributed by atoms with Gasteiger partial charge in [0.05, 0.1) is 17.7 Å². The van der Waals surface area contributed by atoms with Crippen LogP contribution in [0.2, 0.25) is 0 Å². The minimum atomic E-state index is -0.140. The van der Waals surface area contributed by atoms with Gasteiger partial charge in [-0.1, -0.05) is 34.1 Å². The van der Waals surface area contributed by atoms with Crippen molar-refractivity contribution in [1.29, 1.82) is 0 Å². The van der Waals surface area contributed by atoms with Crippen molar-refractivity contribution in [3.63, 3.8) is 0 Å². The molecular formula is C19H29ClN2O3. The van der Waals surface area contributed by atoms with Gasteiger partial charge in [-0.05, 0) is 30.0 Å². The second kappa shape index (κ2) is 8.59. The van der Waals surface area contributed by atoms with Gasteiger partial charge in [0.1, 0.15) is 11.5 Å². The number of unbranched alkanes of at least 4 members (excludes halogenated alkanes) is 1. The number of benzene rings is 1. The number of hydrogen-bond acceptors (Lipinski definition) is 4. The van der Waals surface area contributed by atoms with E-state index in [0.29, 0.717) is 35.4 Å². The van der Waals surface area contributed by atoms with E-state index >= 15 is 0 Å². The average molecular weight is 369 g/mol. The molecule has 0 aliphatic carbocycles. The third kappa shape index (κ3) is 4.89. The van der Waals surface area contributed by atoms with Crippen molar-refractivity contribution < 1.29 is 9.84 Å². The molecular weight excluding hydrogens is 340 g/mol. The summed E-state index contributed by atoms with van der Waals surface area (Å²) >= 11 is 0. The molecule has 3 N–H and O–H groups in total. The highest BCUT2D eigenvalue weighted by molar-refractivity contribution is 5.89. The zero-order valence-electron chi connectivity index (χ0n) is 15.5. The van der Waals surface area contributed by atoms with Crippen LogP contribution in [0.15, 0.2) is 23.0 Å². The molecule has 1 heterocycles. The van der Waals surface area contributed by atoms with Crippen LogP contribution in [0.4, 0.5) is 0 Å². The predicted octanol–water partition coefficient (Wildman–Crippen LogP) is 3.81. The molecule has 0 saturated carbocycles. The van der Waals surface area contributed by atoms with E-state index in [0.717, 1.165) is 12.8 Å². The van der Waals surface area contributed by atoms with Crippen LogP contribution in [0.5, 0.6) is 11.5 Å². The van der Waals surface area contributed by atoms with E-state index < -0.39 is 0 Å². The number of phenolic OH excluding ortho intramolecular Hbond substituents is 1. The molecule has 0 fully saturated rings. The number of aromatic hydroxyl groups is 1. The number of pyridine rings is 1. The van der Waals surface area contributed by atoms with Gasteiger partial charge in [-0.2, -0.15) is 0 Å². The lowest BCUT2D eigenvalue weighted by Gasteiger charge is -2.25. The summed E-state index contributed by atoms with van der Waals surface area (Å²) in [5, 5.41) is 11.0. The van der Waals surface area contributed by atoms with Crippen LogP contribution in [0.1, 0.15) is 46.2 Å². The number of ether oxygens (including phenoxy) is 1. The molecule has 0 unspecified atom stereocenters. The molecule has 2 aromatic rings. The molecule has 1 aromatic heterocycles. The van der Waals surface area contributed by atoms with Crippen LogP contribution in [-0.4, -0.2) is 16.3 Å². The molecule has 0 atom stereocenters. The SMILES string of the molecule is CCCCOc1c(CN)n(CC(C)(C)C)c(=O)c2cc(O)ccc12.Cl. The summed E-state index contributed by atoms with van der Waals surface area (Å²) < 4.78 is 7.71. The van der Waals surface area contributed by atoms with Crippen LogP contribution >= 0.6 is 12.4 Å². The summed E-state index contributed by atoms with van der Waals surface area (Å²) in [4.78, 5) is 13.0. The average Bonchev–Trinajstić information content (AvgIpc) is 2.50. The Labute approximate surface area is 155 Å². The molecule has 0 aliphatic rings. The van der Waals surface area contributed by atoms with Gasteiger partial charge in [-0.15, -0.1) is 12.4 Å². The zero-order chi connectivity index (χ0) is 17.9. The first-order chi connectivity index (χ1) is 11.3. The summed E-state index contributed by atoms with van der Waals surface area (Å²) in [6.07, 6.45) is 1.96. The lowest BCUT2D eigenvalue weighted by molar-refractivity contribution is 0.295. The number of phenols is 1. The molecule has 0 saturated heterocycles. The second-order valence-corrected chi connectivity index (χ2v) is 7.36. The van der Waals surface area contributed by atoms with Crippen molar-refractivity contribution in [1.82, 2.24) is 4.57 Å². The van der Waals surface area contributed by atoms with Gasteiger partial charge in [0, 0.05) is 18.5 Å². The standard InChI is InChI=1S/C19H28N2O3.ClH/c1-5-6-9-24-17-14-8-7-13(22)10-15(14)18(23)21(16(17)11-20)12-19(2,3)4;/h7-8,10,22H,5-6,9,11-12,20H2,1-4H3;1H. The van der Waals surface area contributed by atoms with Crippen molar-refractivity contribution in [2.24, 2.45) is 11.1 Å². The largest absolute Gasteiger partial charge is 0.508 e. The number of nitrogens with zero attached hydrogens (tertiary/aromatic N) is 1. The number of halogens is 1. The van der Waals surface area contributed by atoms with E-state index in [2.05, 4.69) is 27.7 Å². The van der Waals surface area contributed by atoms with Gasteiger partial charge in [-0.25, -0.2) is 0 Å². The molecule has 140 valence electrons. The lowest BCUT2D eigenvalue weighted by Crippen LogP contribution is -2.31. The second-order valence-electron chi connectivity index (χ2n) is 7.36. The Morgan fingerprint density at radius 3 is 2.48 bits per heavy atom. The van der Waals surface area contributed by atoms with E-state index in [1.165, 1.54) is 6.07 Å². The maximum absolute atomic E-state index is 13.0. The molecule has 25 heavy (non-hydrogen) atoms. The van der Waals surface area contributed by atoms with E-state index in [9.17, 15) is 9.90 Å². The number of fused-ring (bicyclic) bond motifs is 1. The Kier molecular flexibility index (Phi) is 7.32. The van der Waals surface area contributed by atoms with E-state index in [1.807, 2.05) is 0 Å².